The lowest BCUT2D eigenvalue weighted by atomic mass is 10.0. The minimum atomic E-state index is -0.231. The fourth-order valence-electron chi connectivity index (χ4n) is 4.53. The predicted molar refractivity (Wildman–Crippen MR) is 142 cm³/mol. The van der Waals surface area contributed by atoms with E-state index >= 15 is 0 Å². The number of amides is 1. The zero-order valence-electron chi connectivity index (χ0n) is 20.5. The SMILES string of the molecule is Cc1ccccc1N=C(NC#N)N1CCN(C(=O)c2cnn(-c3ccccc3)c2)C(c2ccccc2)C1. The molecule has 8 nitrogen and oxygen atoms in total. The van der Waals surface area contributed by atoms with Gasteiger partial charge in [0.1, 0.15) is 0 Å². The van der Waals surface area contributed by atoms with Gasteiger partial charge in [-0.05, 0) is 36.2 Å². The molecular formula is C29H27N7O. The smallest absolute Gasteiger partial charge is 0.257 e. The lowest BCUT2D eigenvalue weighted by Gasteiger charge is -2.42. The van der Waals surface area contributed by atoms with Gasteiger partial charge in [-0.1, -0.05) is 66.7 Å². The summed E-state index contributed by atoms with van der Waals surface area (Å²) in [6.07, 6.45) is 5.41. The first-order valence-corrected chi connectivity index (χ1v) is 12.1. The average molecular weight is 490 g/mol. The highest BCUT2D eigenvalue weighted by Gasteiger charge is 2.34. The highest BCUT2D eigenvalue weighted by molar-refractivity contribution is 5.94. The van der Waals surface area contributed by atoms with Crippen LogP contribution in [0.2, 0.25) is 0 Å². The molecule has 1 aliphatic rings. The summed E-state index contributed by atoms with van der Waals surface area (Å²) in [4.78, 5) is 22.4. The van der Waals surface area contributed by atoms with E-state index in [1.807, 2.05) is 108 Å². The number of carbonyl (C=O) groups is 1. The van der Waals surface area contributed by atoms with Crippen molar-refractivity contribution in [1.82, 2.24) is 24.9 Å². The van der Waals surface area contributed by atoms with E-state index in [2.05, 4.69) is 10.4 Å². The molecule has 0 aliphatic carbocycles. The molecule has 0 saturated carbocycles. The van der Waals surface area contributed by atoms with Gasteiger partial charge in [-0.3, -0.25) is 10.1 Å². The van der Waals surface area contributed by atoms with Gasteiger partial charge in [0.05, 0.1) is 29.2 Å². The molecule has 4 aromatic rings. The topological polar surface area (TPSA) is 89.6 Å². The summed E-state index contributed by atoms with van der Waals surface area (Å²) in [7, 11) is 0. The Morgan fingerprint density at radius 3 is 2.43 bits per heavy atom. The van der Waals surface area contributed by atoms with Crippen molar-refractivity contribution in [3.63, 3.8) is 0 Å². The Hall–Kier alpha value is -4.90. The Kier molecular flexibility index (Phi) is 6.95. The normalized spacial score (nSPS) is 15.8. The number of aromatic nitrogens is 2. The van der Waals surface area contributed by atoms with E-state index in [0.717, 1.165) is 22.5 Å². The highest BCUT2D eigenvalue weighted by Crippen LogP contribution is 2.28. The van der Waals surface area contributed by atoms with Crippen LogP contribution in [0.5, 0.6) is 0 Å². The molecule has 0 spiro atoms. The molecule has 0 bridgehead atoms. The molecule has 184 valence electrons. The molecule has 1 aliphatic heterocycles. The molecule has 0 radical (unpaired) electrons. The van der Waals surface area contributed by atoms with Gasteiger partial charge in [0.2, 0.25) is 5.96 Å². The van der Waals surface area contributed by atoms with Gasteiger partial charge in [0.25, 0.3) is 5.91 Å². The van der Waals surface area contributed by atoms with Gasteiger partial charge in [-0.2, -0.15) is 10.4 Å². The summed E-state index contributed by atoms with van der Waals surface area (Å²) in [5.41, 5.74) is 4.25. The Labute approximate surface area is 216 Å². The minimum absolute atomic E-state index is 0.0821. The van der Waals surface area contributed by atoms with Gasteiger partial charge < -0.3 is 9.80 Å². The molecule has 37 heavy (non-hydrogen) atoms. The number of hydrogen-bond donors (Lipinski definition) is 1. The third-order valence-corrected chi connectivity index (χ3v) is 6.48. The second-order valence-corrected chi connectivity index (χ2v) is 8.84. The molecule has 1 amide bonds. The number of nitrogens with zero attached hydrogens (tertiary/aromatic N) is 6. The second-order valence-electron chi connectivity index (χ2n) is 8.84. The molecule has 1 unspecified atom stereocenters. The fraction of sp³-hybridized carbons (Fsp3) is 0.172. The van der Waals surface area contributed by atoms with Gasteiger partial charge in [0, 0.05) is 25.8 Å². The molecule has 1 N–H and O–H groups in total. The number of benzene rings is 3. The minimum Gasteiger partial charge on any atom is -0.338 e. The number of guanidine groups is 1. The molecular weight excluding hydrogens is 462 g/mol. The monoisotopic (exact) mass is 489 g/mol. The van der Waals surface area contributed by atoms with Crippen LogP contribution >= 0.6 is 0 Å². The molecule has 1 aromatic heterocycles. The number of piperazine rings is 1. The summed E-state index contributed by atoms with van der Waals surface area (Å²) in [5, 5.41) is 16.6. The maximum absolute atomic E-state index is 13.7. The van der Waals surface area contributed by atoms with Crippen LogP contribution in [0.1, 0.15) is 27.5 Å². The van der Waals surface area contributed by atoms with Gasteiger partial charge in [-0.25, -0.2) is 9.67 Å². The molecule has 3 aromatic carbocycles. The van der Waals surface area contributed by atoms with Crippen molar-refractivity contribution < 1.29 is 4.79 Å². The first-order valence-electron chi connectivity index (χ1n) is 12.1. The lowest BCUT2D eigenvalue weighted by Crippen LogP contribution is -2.54. The lowest BCUT2D eigenvalue weighted by molar-refractivity contribution is 0.0547. The van der Waals surface area contributed by atoms with E-state index in [1.165, 1.54) is 0 Å². The molecule has 1 saturated heterocycles. The second kappa shape index (κ2) is 10.8. The van der Waals surface area contributed by atoms with Crippen molar-refractivity contribution in [2.45, 2.75) is 13.0 Å². The number of aryl methyl sites for hydroxylation is 1. The van der Waals surface area contributed by atoms with Crippen molar-refractivity contribution >= 4 is 17.6 Å². The summed E-state index contributed by atoms with van der Waals surface area (Å²) < 4.78 is 1.71. The van der Waals surface area contributed by atoms with Crippen LogP contribution in [-0.4, -0.2) is 51.1 Å². The third-order valence-electron chi connectivity index (χ3n) is 6.48. The summed E-state index contributed by atoms with van der Waals surface area (Å²) >= 11 is 0. The summed E-state index contributed by atoms with van der Waals surface area (Å²) in [5.74, 6) is 0.392. The quantitative estimate of drug-likeness (QED) is 0.198. The Bertz CT molecular complexity index is 1440. The Morgan fingerprint density at radius 2 is 1.70 bits per heavy atom. The van der Waals surface area contributed by atoms with Crippen LogP contribution < -0.4 is 5.32 Å². The number of nitriles is 1. The average Bonchev–Trinajstić information content (AvgIpc) is 3.45. The number of rotatable bonds is 4. The molecule has 2 heterocycles. The maximum atomic E-state index is 13.7. The van der Waals surface area contributed by atoms with Crippen LogP contribution in [0.4, 0.5) is 5.69 Å². The van der Waals surface area contributed by atoms with E-state index in [0.29, 0.717) is 31.2 Å². The largest absolute Gasteiger partial charge is 0.338 e. The van der Waals surface area contributed by atoms with E-state index < -0.39 is 0 Å². The Balaban J connectivity index is 1.44. The first-order chi connectivity index (χ1) is 18.1. The molecule has 8 heteroatoms. The number of para-hydroxylation sites is 2. The van der Waals surface area contributed by atoms with E-state index in [9.17, 15) is 10.1 Å². The van der Waals surface area contributed by atoms with Crippen LogP contribution in [0.25, 0.3) is 5.69 Å². The molecule has 1 atom stereocenters. The molecule has 1 fully saturated rings. The number of nitrogens with one attached hydrogen (secondary N) is 1. The zero-order chi connectivity index (χ0) is 25.6. The highest BCUT2D eigenvalue weighted by atomic mass is 16.2. The number of aliphatic imine (C=N–C) groups is 1. The fourth-order valence-corrected chi connectivity index (χ4v) is 4.53. The van der Waals surface area contributed by atoms with Crippen molar-refractivity contribution in [2.75, 3.05) is 19.6 Å². The predicted octanol–water partition coefficient (Wildman–Crippen LogP) is 4.44. The number of carbonyl (C=O) groups excluding carboxylic acids is 1. The molecule has 5 rings (SSSR count). The zero-order valence-corrected chi connectivity index (χ0v) is 20.5. The van der Waals surface area contributed by atoms with Crippen LogP contribution in [0.15, 0.2) is 102 Å². The van der Waals surface area contributed by atoms with Crippen LogP contribution in [0.3, 0.4) is 0 Å². The summed E-state index contributed by atoms with van der Waals surface area (Å²) in [6, 6.07) is 27.2. The van der Waals surface area contributed by atoms with Crippen molar-refractivity contribution in [3.05, 3.63) is 114 Å². The number of hydrogen-bond acceptors (Lipinski definition) is 4. The van der Waals surface area contributed by atoms with E-state index in [4.69, 9.17) is 4.99 Å². The van der Waals surface area contributed by atoms with E-state index in [1.54, 1.807) is 17.1 Å². The van der Waals surface area contributed by atoms with Gasteiger partial charge in [-0.15, -0.1) is 0 Å². The first kappa shape index (κ1) is 23.8. The van der Waals surface area contributed by atoms with E-state index in [-0.39, 0.29) is 11.9 Å². The summed E-state index contributed by atoms with van der Waals surface area (Å²) in [6.45, 7) is 3.47. The Morgan fingerprint density at radius 1 is 1.00 bits per heavy atom. The van der Waals surface area contributed by atoms with Crippen molar-refractivity contribution in [1.29, 1.82) is 5.26 Å². The standard InChI is InChI=1S/C29H27N7O/c1-22-10-8-9-15-26(22)33-29(31-21-30)34-16-17-35(27(20-34)23-11-4-2-5-12-23)28(37)24-18-32-36(19-24)25-13-6-3-7-14-25/h2-15,18-19,27H,16-17,20H2,1H3,(H,31,33). The van der Waals surface area contributed by atoms with Crippen LogP contribution in [0, 0.1) is 18.4 Å². The third kappa shape index (κ3) is 5.21. The van der Waals surface area contributed by atoms with Crippen molar-refractivity contribution in [2.24, 2.45) is 4.99 Å². The van der Waals surface area contributed by atoms with Crippen molar-refractivity contribution in [3.8, 4) is 11.9 Å². The maximum Gasteiger partial charge on any atom is 0.257 e. The van der Waals surface area contributed by atoms with Crippen LogP contribution in [-0.2, 0) is 0 Å². The van der Waals surface area contributed by atoms with Gasteiger partial charge >= 0.3 is 0 Å². The van der Waals surface area contributed by atoms with Gasteiger partial charge in [0.15, 0.2) is 6.19 Å².